The lowest BCUT2D eigenvalue weighted by Crippen LogP contribution is -2.56. The van der Waals surface area contributed by atoms with Crippen LogP contribution in [0.2, 0.25) is 0 Å². The Balaban J connectivity index is 1.96. The highest BCUT2D eigenvalue weighted by Crippen LogP contribution is 2.20. The van der Waals surface area contributed by atoms with Crippen LogP contribution in [0.3, 0.4) is 0 Å². The van der Waals surface area contributed by atoms with Crippen molar-refractivity contribution in [2.75, 3.05) is 44.8 Å². The van der Waals surface area contributed by atoms with Crippen molar-refractivity contribution in [1.82, 2.24) is 9.80 Å². The van der Waals surface area contributed by atoms with Crippen molar-refractivity contribution in [2.24, 2.45) is 0 Å². The predicted octanol–water partition coefficient (Wildman–Crippen LogP) is -1.22. The Kier molecular flexibility index (Phi) is 3.53. The van der Waals surface area contributed by atoms with Crippen LogP contribution in [0.1, 0.15) is 6.42 Å². The van der Waals surface area contributed by atoms with Crippen LogP contribution in [0, 0.1) is 0 Å². The van der Waals surface area contributed by atoms with Crippen LogP contribution < -0.4 is 0 Å². The molecule has 2 rings (SSSR count). The van der Waals surface area contributed by atoms with Gasteiger partial charge in [0.2, 0.25) is 0 Å². The van der Waals surface area contributed by atoms with E-state index in [1.807, 2.05) is 7.05 Å². The summed E-state index contributed by atoms with van der Waals surface area (Å²) in [6.07, 6.45) is 0.754. The number of nitrogens with zero attached hydrogens (tertiary/aromatic N) is 2. The Labute approximate surface area is 97.0 Å². The largest absolute Gasteiger partial charge is 0.395 e. The second kappa shape index (κ2) is 4.60. The number of likely N-dealkylation sites (N-methyl/N-ethyl adjacent to an activating group) is 1. The summed E-state index contributed by atoms with van der Waals surface area (Å²) < 4.78 is 22.8. The molecule has 2 aliphatic rings. The van der Waals surface area contributed by atoms with E-state index in [9.17, 15) is 13.5 Å². The lowest BCUT2D eigenvalue weighted by molar-refractivity contribution is 0.0407. The summed E-state index contributed by atoms with van der Waals surface area (Å²) in [6, 6.07) is 0.324. The zero-order valence-corrected chi connectivity index (χ0v) is 10.5. The molecule has 16 heavy (non-hydrogen) atoms. The van der Waals surface area contributed by atoms with Crippen LogP contribution in [0.4, 0.5) is 0 Å². The third kappa shape index (κ3) is 2.56. The fourth-order valence-electron chi connectivity index (χ4n) is 2.56. The molecule has 1 N–H and O–H groups in total. The molecule has 0 aromatic rings. The minimum Gasteiger partial charge on any atom is -0.395 e. The molecule has 0 saturated carbocycles. The van der Waals surface area contributed by atoms with Gasteiger partial charge in [-0.2, -0.15) is 0 Å². The molecular weight excluding hydrogens is 228 g/mol. The quantitative estimate of drug-likeness (QED) is 0.664. The van der Waals surface area contributed by atoms with Crippen molar-refractivity contribution in [3.05, 3.63) is 0 Å². The number of piperazine rings is 1. The smallest absolute Gasteiger partial charge is 0.151 e. The fraction of sp³-hybridized carbons (Fsp3) is 1.00. The van der Waals surface area contributed by atoms with E-state index in [1.165, 1.54) is 0 Å². The highest BCUT2D eigenvalue weighted by Gasteiger charge is 2.35. The van der Waals surface area contributed by atoms with Crippen LogP contribution in [-0.2, 0) is 9.84 Å². The van der Waals surface area contributed by atoms with Crippen LogP contribution in [-0.4, -0.2) is 80.2 Å². The number of hydrogen-bond donors (Lipinski definition) is 1. The van der Waals surface area contributed by atoms with E-state index in [2.05, 4.69) is 9.80 Å². The van der Waals surface area contributed by atoms with E-state index in [0.29, 0.717) is 11.5 Å². The first-order valence-electron chi connectivity index (χ1n) is 5.77. The molecule has 2 unspecified atom stereocenters. The Bertz CT molecular complexity index is 344. The molecular formula is C10H20N2O3S. The monoisotopic (exact) mass is 248 g/mol. The molecule has 0 spiro atoms. The van der Waals surface area contributed by atoms with Gasteiger partial charge in [-0.05, 0) is 13.5 Å². The second-order valence-corrected chi connectivity index (χ2v) is 7.10. The summed E-state index contributed by atoms with van der Waals surface area (Å²) in [5, 5.41) is 9.24. The molecule has 2 saturated heterocycles. The number of hydrogen-bond acceptors (Lipinski definition) is 5. The minimum absolute atomic E-state index is 0.145. The van der Waals surface area contributed by atoms with Crippen molar-refractivity contribution in [3.63, 3.8) is 0 Å². The molecule has 6 heteroatoms. The van der Waals surface area contributed by atoms with Crippen molar-refractivity contribution in [2.45, 2.75) is 18.5 Å². The standard InChI is InChI=1S/C10H20N2O3S/c1-11-3-4-12(6-10(11)7-13)9-2-5-16(14,15)8-9/h9-10,13H,2-8H2,1H3. The van der Waals surface area contributed by atoms with E-state index in [-0.39, 0.29) is 18.7 Å². The van der Waals surface area contributed by atoms with Gasteiger partial charge >= 0.3 is 0 Å². The molecule has 0 aromatic heterocycles. The van der Waals surface area contributed by atoms with E-state index >= 15 is 0 Å². The van der Waals surface area contributed by atoms with Gasteiger partial charge in [0, 0.05) is 31.7 Å². The zero-order valence-electron chi connectivity index (χ0n) is 9.67. The number of rotatable bonds is 2. The molecule has 2 atom stereocenters. The molecule has 0 radical (unpaired) electrons. The SMILES string of the molecule is CN1CCN(C2CCS(=O)(=O)C2)CC1CO. The molecule has 94 valence electrons. The Morgan fingerprint density at radius 3 is 2.69 bits per heavy atom. The molecule has 0 aromatic carbocycles. The molecule has 2 fully saturated rings. The first-order chi connectivity index (χ1) is 7.52. The van der Waals surface area contributed by atoms with Gasteiger partial charge in [0.05, 0.1) is 18.1 Å². The summed E-state index contributed by atoms with van der Waals surface area (Å²) in [5.74, 6) is 0.628. The van der Waals surface area contributed by atoms with Crippen LogP contribution >= 0.6 is 0 Å². The summed E-state index contributed by atoms with van der Waals surface area (Å²) in [7, 11) is -0.797. The molecule has 0 bridgehead atoms. The lowest BCUT2D eigenvalue weighted by Gasteiger charge is -2.41. The van der Waals surface area contributed by atoms with Crippen LogP contribution in [0.15, 0.2) is 0 Å². The number of sulfone groups is 1. The van der Waals surface area contributed by atoms with E-state index in [0.717, 1.165) is 26.1 Å². The number of aliphatic hydroxyl groups is 1. The van der Waals surface area contributed by atoms with Crippen molar-refractivity contribution in [3.8, 4) is 0 Å². The van der Waals surface area contributed by atoms with Gasteiger partial charge in [0.1, 0.15) is 0 Å². The first kappa shape index (κ1) is 12.3. The van der Waals surface area contributed by atoms with E-state index < -0.39 is 9.84 Å². The zero-order chi connectivity index (χ0) is 11.8. The van der Waals surface area contributed by atoms with Crippen molar-refractivity contribution < 1.29 is 13.5 Å². The average molecular weight is 248 g/mol. The van der Waals surface area contributed by atoms with Crippen molar-refractivity contribution in [1.29, 1.82) is 0 Å². The predicted molar refractivity (Wildman–Crippen MR) is 62.1 cm³/mol. The third-order valence-corrected chi connectivity index (χ3v) is 5.49. The van der Waals surface area contributed by atoms with Gasteiger partial charge in [-0.3, -0.25) is 9.80 Å². The summed E-state index contributed by atoms with van der Waals surface area (Å²) in [4.78, 5) is 4.37. The Morgan fingerprint density at radius 2 is 2.12 bits per heavy atom. The van der Waals surface area contributed by atoms with Gasteiger partial charge in [-0.15, -0.1) is 0 Å². The minimum atomic E-state index is -2.80. The maximum Gasteiger partial charge on any atom is 0.151 e. The Hall–Kier alpha value is -0.170. The van der Waals surface area contributed by atoms with Crippen molar-refractivity contribution >= 4 is 9.84 Å². The summed E-state index contributed by atoms with van der Waals surface area (Å²) in [5.41, 5.74) is 0. The highest BCUT2D eigenvalue weighted by atomic mass is 32.2. The molecule has 2 aliphatic heterocycles. The maximum atomic E-state index is 11.4. The molecule has 0 amide bonds. The summed E-state index contributed by atoms with van der Waals surface area (Å²) in [6.45, 7) is 2.74. The second-order valence-electron chi connectivity index (χ2n) is 4.87. The Morgan fingerprint density at radius 1 is 1.38 bits per heavy atom. The summed E-state index contributed by atoms with van der Waals surface area (Å²) >= 11 is 0. The number of aliphatic hydroxyl groups excluding tert-OH is 1. The first-order valence-corrected chi connectivity index (χ1v) is 7.59. The lowest BCUT2D eigenvalue weighted by atomic mass is 10.1. The normalized spacial score (nSPS) is 36.6. The van der Waals surface area contributed by atoms with E-state index in [4.69, 9.17) is 0 Å². The fourth-order valence-corrected chi connectivity index (χ4v) is 4.32. The van der Waals surface area contributed by atoms with Gasteiger partial charge in [-0.1, -0.05) is 0 Å². The van der Waals surface area contributed by atoms with Gasteiger partial charge < -0.3 is 5.11 Å². The van der Waals surface area contributed by atoms with Gasteiger partial charge in [0.15, 0.2) is 9.84 Å². The molecule has 2 heterocycles. The van der Waals surface area contributed by atoms with Crippen LogP contribution in [0.5, 0.6) is 0 Å². The molecule has 5 nitrogen and oxygen atoms in total. The van der Waals surface area contributed by atoms with Gasteiger partial charge in [-0.25, -0.2) is 8.42 Å². The van der Waals surface area contributed by atoms with Crippen LogP contribution in [0.25, 0.3) is 0 Å². The molecule has 0 aliphatic carbocycles. The maximum absolute atomic E-state index is 11.4. The van der Waals surface area contributed by atoms with Gasteiger partial charge in [0.25, 0.3) is 0 Å². The average Bonchev–Trinajstić information content (AvgIpc) is 2.59. The topological polar surface area (TPSA) is 60.9 Å². The van der Waals surface area contributed by atoms with E-state index in [1.54, 1.807) is 0 Å². The third-order valence-electron chi connectivity index (χ3n) is 3.74. The highest BCUT2D eigenvalue weighted by molar-refractivity contribution is 7.91.